The van der Waals surface area contributed by atoms with Gasteiger partial charge in [-0.25, -0.2) is 0 Å². The number of carbonyl (C=O) groups is 1. The first kappa shape index (κ1) is 12.9. The lowest BCUT2D eigenvalue weighted by Crippen LogP contribution is -2.50. The van der Waals surface area contributed by atoms with E-state index < -0.39 is 0 Å². The molecule has 3 N–H and O–H groups in total. The largest absolute Gasteiger partial charge is 0.342 e. The quantitative estimate of drug-likeness (QED) is 0.641. The Morgan fingerprint density at radius 3 is 3.06 bits per heavy atom. The van der Waals surface area contributed by atoms with E-state index in [2.05, 4.69) is 17.1 Å². The van der Waals surface area contributed by atoms with Gasteiger partial charge in [0.1, 0.15) is 6.54 Å². The highest BCUT2D eigenvalue weighted by atomic mass is 16.2. The van der Waals surface area contributed by atoms with Crippen LogP contribution in [-0.2, 0) is 4.79 Å². The van der Waals surface area contributed by atoms with E-state index in [1.807, 2.05) is 6.07 Å². The highest BCUT2D eigenvalue weighted by Crippen LogP contribution is 2.21. The van der Waals surface area contributed by atoms with Crippen LogP contribution < -0.4 is 11.1 Å². The lowest BCUT2D eigenvalue weighted by Gasteiger charge is -2.37. The van der Waals surface area contributed by atoms with Crippen LogP contribution in [0.15, 0.2) is 0 Å². The second-order valence-electron chi connectivity index (χ2n) is 4.42. The third-order valence-electron chi connectivity index (χ3n) is 3.08. The highest BCUT2D eigenvalue weighted by molar-refractivity contribution is 5.78. The summed E-state index contributed by atoms with van der Waals surface area (Å²) in [5.74, 6) is 0.599. The first-order chi connectivity index (χ1) is 7.67. The Balaban J connectivity index is 2.40. The van der Waals surface area contributed by atoms with Crippen LogP contribution >= 0.6 is 0 Å². The third kappa shape index (κ3) is 3.80. The Morgan fingerprint density at radius 2 is 2.44 bits per heavy atom. The van der Waals surface area contributed by atoms with Crippen LogP contribution in [0.5, 0.6) is 0 Å². The number of hydrogen-bond acceptors (Lipinski definition) is 4. The van der Waals surface area contributed by atoms with Crippen molar-refractivity contribution in [3.63, 3.8) is 0 Å². The number of hydrogen-bond donors (Lipinski definition) is 2. The molecule has 0 bridgehead atoms. The molecule has 5 heteroatoms. The molecular formula is C11H20N4O. The summed E-state index contributed by atoms with van der Waals surface area (Å²) < 4.78 is 0. The Hall–Kier alpha value is -1.12. The van der Waals surface area contributed by atoms with Crippen molar-refractivity contribution in [3.05, 3.63) is 0 Å². The molecule has 90 valence electrons. The van der Waals surface area contributed by atoms with Crippen molar-refractivity contribution in [1.82, 2.24) is 10.2 Å². The van der Waals surface area contributed by atoms with Crippen molar-refractivity contribution in [2.75, 3.05) is 26.2 Å². The smallest absolute Gasteiger partial charge is 0.235 e. The maximum atomic E-state index is 11.5. The summed E-state index contributed by atoms with van der Waals surface area (Å²) in [6.45, 7) is 4.17. The van der Waals surface area contributed by atoms with Crippen molar-refractivity contribution in [2.45, 2.75) is 25.8 Å². The first-order valence-corrected chi connectivity index (χ1v) is 5.75. The standard InChI is InChI=1S/C11H20N4O/c1-9-2-5-15(10(6-9)7-13)8-11(16)14-4-3-12/h9-10H,2,4-8,13H2,1H3,(H,14,16). The van der Waals surface area contributed by atoms with Crippen LogP contribution in [0, 0.1) is 17.2 Å². The fraction of sp³-hybridized carbons (Fsp3) is 0.818. The molecule has 1 saturated heterocycles. The summed E-state index contributed by atoms with van der Waals surface area (Å²) in [5, 5.41) is 10.9. The fourth-order valence-electron chi connectivity index (χ4n) is 2.13. The number of likely N-dealkylation sites (tertiary alicyclic amines) is 1. The number of amides is 1. The molecule has 1 rings (SSSR count). The summed E-state index contributed by atoms with van der Waals surface area (Å²) in [6, 6.07) is 2.20. The minimum Gasteiger partial charge on any atom is -0.342 e. The minimum atomic E-state index is -0.0884. The average molecular weight is 224 g/mol. The lowest BCUT2D eigenvalue weighted by atomic mass is 9.92. The van der Waals surface area contributed by atoms with E-state index in [-0.39, 0.29) is 12.5 Å². The zero-order valence-electron chi connectivity index (χ0n) is 9.78. The second-order valence-corrected chi connectivity index (χ2v) is 4.42. The number of nitrogens with two attached hydrogens (primary N) is 1. The predicted octanol–water partition coefficient (Wildman–Crippen LogP) is -0.315. The summed E-state index contributed by atoms with van der Waals surface area (Å²) in [7, 11) is 0. The zero-order chi connectivity index (χ0) is 12.0. The second kappa shape index (κ2) is 6.46. The molecule has 0 aromatic rings. The van der Waals surface area contributed by atoms with Crippen LogP contribution in [0.3, 0.4) is 0 Å². The average Bonchev–Trinajstić information content (AvgIpc) is 2.28. The van der Waals surface area contributed by atoms with E-state index in [0.29, 0.717) is 25.0 Å². The molecule has 0 aliphatic carbocycles. The van der Waals surface area contributed by atoms with Gasteiger partial charge in [-0.15, -0.1) is 0 Å². The summed E-state index contributed by atoms with van der Waals surface area (Å²) in [5.41, 5.74) is 5.71. The number of carbonyl (C=O) groups excluding carboxylic acids is 1. The molecule has 2 atom stereocenters. The summed E-state index contributed by atoms with van der Waals surface area (Å²) >= 11 is 0. The maximum Gasteiger partial charge on any atom is 0.235 e. The van der Waals surface area contributed by atoms with E-state index in [1.165, 1.54) is 0 Å². The van der Waals surface area contributed by atoms with Gasteiger partial charge in [-0.3, -0.25) is 9.69 Å². The summed E-state index contributed by atoms with van der Waals surface area (Å²) in [4.78, 5) is 13.6. The first-order valence-electron chi connectivity index (χ1n) is 5.75. The maximum absolute atomic E-state index is 11.5. The van der Waals surface area contributed by atoms with Crippen molar-refractivity contribution in [3.8, 4) is 6.07 Å². The number of rotatable bonds is 4. The van der Waals surface area contributed by atoms with E-state index in [0.717, 1.165) is 19.4 Å². The van der Waals surface area contributed by atoms with Crippen LogP contribution in [0.1, 0.15) is 19.8 Å². The Bertz CT molecular complexity index is 274. The van der Waals surface area contributed by atoms with Gasteiger partial charge in [0.15, 0.2) is 0 Å². The lowest BCUT2D eigenvalue weighted by molar-refractivity contribution is -0.123. The van der Waals surface area contributed by atoms with Gasteiger partial charge in [0.25, 0.3) is 0 Å². The molecule has 5 nitrogen and oxygen atoms in total. The van der Waals surface area contributed by atoms with Crippen LogP contribution in [0.4, 0.5) is 0 Å². The minimum absolute atomic E-state index is 0.0797. The monoisotopic (exact) mass is 224 g/mol. The van der Waals surface area contributed by atoms with Crippen molar-refractivity contribution < 1.29 is 4.79 Å². The van der Waals surface area contributed by atoms with E-state index in [9.17, 15) is 4.79 Å². The molecule has 1 aliphatic rings. The molecule has 1 aliphatic heterocycles. The molecule has 1 amide bonds. The zero-order valence-corrected chi connectivity index (χ0v) is 9.78. The van der Waals surface area contributed by atoms with Gasteiger partial charge in [-0.1, -0.05) is 6.92 Å². The molecule has 2 unspecified atom stereocenters. The van der Waals surface area contributed by atoms with Crippen molar-refractivity contribution >= 4 is 5.91 Å². The molecule has 1 fully saturated rings. The van der Waals surface area contributed by atoms with E-state index >= 15 is 0 Å². The van der Waals surface area contributed by atoms with Crippen LogP contribution in [-0.4, -0.2) is 43.0 Å². The highest BCUT2D eigenvalue weighted by Gasteiger charge is 2.26. The Kier molecular flexibility index (Phi) is 5.23. The van der Waals surface area contributed by atoms with Gasteiger partial charge in [-0.05, 0) is 25.3 Å². The SMILES string of the molecule is CC1CCN(CC(=O)NCC#N)C(CN)C1. The molecular weight excluding hydrogens is 204 g/mol. The van der Waals surface area contributed by atoms with E-state index in [1.54, 1.807) is 0 Å². The third-order valence-corrected chi connectivity index (χ3v) is 3.08. The molecule has 0 aromatic heterocycles. The Labute approximate surface area is 96.6 Å². The number of nitrogens with one attached hydrogen (secondary N) is 1. The van der Waals surface area contributed by atoms with Crippen LogP contribution in [0.25, 0.3) is 0 Å². The number of nitriles is 1. The molecule has 0 radical (unpaired) electrons. The van der Waals surface area contributed by atoms with Crippen molar-refractivity contribution in [2.24, 2.45) is 11.7 Å². The topological polar surface area (TPSA) is 82.2 Å². The van der Waals surface area contributed by atoms with E-state index in [4.69, 9.17) is 11.0 Å². The molecule has 1 heterocycles. The number of piperidine rings is 1. The number of nitrogens with zero attached hydrogens (tertiary/aromatic N) is 2. The fourth-order valence-corrected chi connectivity index (χ4v) is 2.13. The van der Waals surface area contributed by atoms with Gasteiger partial charge >= 0.3 is 0 Å². The van der Waals surface area contributed by atoms with Crippen LogP contribution in [0.2, 0.25) is 0 Å². The van der Waals surface area contributed by atoms with Gasteiger partial charge in [0.2, 0.25) is 5.91 Å². The predicted molar refractivity (Wildman–Crippen MR) is 61.4 cm³/mol. The molecule has 0 spiro atoms. The molecule has 0 aromatic carbocycles. The van der Waals surface area contributed by atoms with Gasteiger partial charge in [0.05, 0.1) is 12.6 Å². The van der Waals surface area contributed by atoms with Gasteiger partial charge in [-0.2, -0.15) is 5.26 Å². The van der Waals surface area contributed by atoms with Gasteiger partial charge < -0.3 is 11.1 Å². The Morgan fingerprint density at radius 1 is 1.69 bits per heavy atom. The van der Waals surface area contributed by atoms with Crippen molar-refractivity contribution in [1.29, 1.82) is 5.26 Å². The molecule has 16 heavy (non-hydrogen) atoms. The normalized spacial score (nSPS) is 26.1. The van der Waals surface area contributed by atoms with Gasteiger partial charge in [0, 0.05) is 12.6 Å². The summed E-state index contributed by atoms with van der Waals surface area (Å²) in [6.07, 6.45) is 2.17. The molecule has 0 saturated carbocycles.